The normalized spacial score (nSPS) is 15.1. The van der Waals surface area contributed by atoms with E-state index in [2.05, 4.69) is 74.7 Å². The smallest absolute Gasteiger partial charge is 0.250 e. The third-order valence-corrected chi connectivity index (χ3v) is 17.5. The third-order valence-electron chi connectivity index (χ3n) is 8.83. The fraction of sp³-hybridized carbons (Fsp3) is 0.618. The van der Waals surface area contributed by atoms with Crippen molar-refractivity contribution in [1.82, 2.24) is 0 Å². The number of fused-ring (bicyclic) bond motifs is 1. The van der Waals surface area contributed by atoms with E-state index < -0.39 is 16.6 Å². The number of benzene rings is 2. The molecule has 0 spiro atoms. The summed E-state index contributed by atoms with van der Waals surface area (Å²) in [5, 5.41) is 0.361. The first-order valence-corrected chi connectivity index (χ1v) is 22.6. The zero-order valence-corrected chi connectivity index (χ0v) is 33.1. The maximum Gasteiger partial charge on any atom is 0.250 e. The van der Waals surface area contributed by atoms with E-state index >= 15 is 0 Å². The Bertz CT molecular complexity index is 1190. The number of hydrogen-bond donors (Lipinski definition) is 1. The topological polar surface area (TPSA) is 74.0 Å². The van der Waals surface area contributed by atoms with E-state index in [0.29, 0.717) is 11.3 Å². The van der Waals surface area contributed by atoms with Crippen molar-refractivity contribution in [2.45, 2.75) is 110 Å². The number of amides is 1. The Morgan fingerprint density at radius 3 is 1.84 bits per heavy atom. The molecule has 0 atom stereocenters. The second kappa shape index (κ2) is 16.7. The number of nitrogen functional groups attached to an aromatic ring is 1. The molecular weight excluding hydrogens is 683 g/mol. The lowest BCUT2D eigenvalue weighted by molar-refractivity contribution is -0.117. The Balaban J connectivity index is 0.000000353. The third kappa shape index (κ3) is 11.1. The van der Waals surface area contributed by atoms with Crippen LogP contribution in [0.5, 0.6) is 11.5 Å². The van der Waals surface area contributed by atoms with Crippen molar-refractivity contribution in [2.75, 3.05) is 35.8 Å². The fourth-order valence-corrected chi connectivity index (χ4v) is 6.07. The summed E-state index contributed by atoms with van der Waals surface area (Å²) in [5.41, 5.74) is 10.00. The molecule has 0 aliphatic carbocycles. The van der Waals surface area contributed by atoms with Crippen molar-refractivity contribution in [3.63, 3.8) is 0 Å². The van der Waals surface area contributed by atoms with Crippen LogP contribution >= 0.6 is 22.6 Å². The summed E-state index contributed by atoms with van der Waals surface area (Å²) in [4.78, 5) is 14.0. The molecule has 0 bridgehead atoms. The molecule has 0 aromatic heterocycles. The van der Waals surface area contributed by atoms with Crippen LogP contribution in [0.3, 0.4) is 0 Å². The Morgan fingerprint density at radius 2 is 1.40 bits per heavy atom. The van der Waals surface area contributed by atoms with E-state index in [0.717, 1.165) is 53.6 Å². The van der Waals surface area contributed by atoms with Crippen LogP contribution in [0.2, 0.25) is 36.3 Å². The van der Waals surface area contributed by atoms with Gasteiger partial charge in [-0.3, -0.25) is 4.79 Å². The summed E-state index contributed by atoms with van der Waals surface area (Å²) in [6, 6.07) is 11.9. The van der Waals surface area contributed by atoms with Crippen molar-refractivity contribution in [3.05, 3.63) is 47.5 Å². The van der Waals surface area contributed by atoms with Crippen LogP contribution in [-0.2, 0) is 22.4 Å². The van der Waals surface area contributed by atoms with Gasteiger partial charge in [0, 0.05) is 32.9 Å². The van der Waals surface area contributed by atoms with Gasteiger partial charge in [-0.25, -0.2) is 0 Å². The van der Waals surface area contributed by atoms with Crippen LogP contribution in [-0.4, -0.2) is 47.7 Å². The van der Waals surface area contributed by atoms with Gasteiger partial charge in [0.2, 0.25) is 14.2 Å². The molecule has 2 aromatic rings. The largest absolute Gasteiger partial charge is 0.543 e. The van der Waals surface area contributed by atoms with Crippen molar-refractivity contribution < 1.29 is 19.8 Å². The molecule has 2 heterocycles. The molecule has 0 saturated carbocycles. The van der Waals surface area contributed by atoms with Crippen LogP contribution in [0.1, 0.15) is 73.8 Å². The molecule has 1 saturated heterocycles. The minimum Gasteiger partial charge on any atom is -0.543 e. The minimum atomic E-state index is -1.88. The van der Waals surface area contributed by atoms with E-state index in [1.165, 1.54) is 12.8 Å². The van der Waals surface area contributed by atoms with Crippen LogP contribution in [0.15, 0.2) is 36.4 Å². The maximum absolute atomic E-state index is 11.8. The molecule has 2 aliphatic rings. The molecule has 0 unspecified atom stereocenters. The van der Waals surface area contributed by atoms with Crippen molar-refractivity contribution in [3.8, 4) is 11.5 Å². The summed E-state index contributed by atoms with van der Waals surface area (Å²) in [7, 11) is -1.82. The van der Waals surface area contributed by atoms with Crippen LogP contribution < -0.4 is 19.5 Å². The maximum atomic E-state index is 11.8. The highest BCUT2D eigenvalue weighted by molar-refractivity contribution is 14.1. The van der Waals surface area contributed by atoms with Gasteiger partial charge in [-0.2, -0.15) is 0 Å². The Kier molecular flexibility index (Phi) is 14.6. The van der Waals surface area contributed by atoms with Crippen molar-refractivity contribution in [2.24, 2.45) is 0 Å². The fourth-order valence-electron chi connectivity index (χ4n) is 4.00. The van der Waals surface area contributed by atoms with Crippen molar-refractivity contribution >= 4 is 56.5 Å². The Hall–Kier alpha value is -1.57. The minimum absolute atomic E-state index is 0.140. The van der Waals surface area contributed by atoms with Crippen molar-refractivity contribution in [1.29, 1.82) is 0 Å². The molecule has 43 heavy (non-hydrogen) atoms. The summed E-state index contributed by atoms with van der Waals surface area (Å²) >= 11 is 1.96. The standard InChI is InChI=1S/C15H23NO2Si.C14H25NOSi.C4H8O.CH3I/c1-15(2,3)19(5,6)18-12-9-7-8-11-10-13(17)16(4)14(11)12;1-7-11-12(15)9-8-10-13(11)16-17(5,6)14(2,3)4;1-2-4-5-3-1;1-2/h7-9H,10H2,1-6H3;8-10H,7,15H2,1-6H3;1-4H2;1H3/i;;;1D. The number of carbonyl (C=O) groups is 1. The molecule has 2 aromatic carbocycles. The first-order valence-electron chi connectivity index (χ1n) is 16.0. The molecule has 0 radical (unpaired) electrons. The number of halogens is 1. The molecule has 1 amide bonds. The predicted molar refractivity (Wildman–Crippen MR) is 199 cm³/mol. The van der Waals surface area contributed by atoms with Gasteiger partial charge < -0.3 is 24.2 Å². The van der Waals surface area contributed by atoms with Crippen LogP contribution in [0, 0.1) is 0 Å². The summed E-state index contributed by atoms with van der Waals surface area (Å²) in [5.74, 6) is 1.97. The van der Waals surface area contributed by atoms with Gasteiger partial charge >= 0.3 is 0 Å². The average molecular weight is 744 g/mol. The molecule has 244 valence electrons. The molecule has 4 rings (SSSR count). The van der Waals surface area contributed by atoms with E-state index in [9.17, 15) is 4.79 Å². The Labute approximate surface area is 280 Å². The first kappa shape index (κ1) is 37.6. The summed E-state index contributed by atoms with van der Waals surface area (Å²) in [6.45, 7) is 26.5. The number of ether oxygens (including phenoxy) is 1. The molecule has 1 fully saturated rings. The van der Waals surface area contributed by atoms with Crippen LogP contribution in [0.4, 0.5) is 11.4 Å². The molecule has 6 nitrogen and oxygen atoms in total. The number of anilines is 2. The quantitative estimate of drug-likeness (QED) is 0.143. The highest BCUT2D eigenvalue weighted by atomic mass is 127. The Morgan fingerprint density at radius 1 is 0.930 bits per heavy atom. The number of alkyl halides is 1. The van der Waals surface area contributed by atoms with Gasteiger partial charge in [0.05, 0.1) is 12.1 Å². The number of hydrogen-bond acceptors (Lipinski definition) is 5. The lowest BCUT2D eigenvalue weighted by Gasteiger charge is -2.37. The highest BCUT2D eigenvalue weighted by Crippen LogP contribution is 2.43. The van der Waals surface area contributed by atoms with Crippen LogP contribution in [0.25, 0.3) is 0 Å². The second-order valence-corrected chi connectivity index (χ2v) is 23.6. The second-order valence-electron chi connectivity index (χ2n) is 14.1. The van der Waals surface area contributed by atoms with E-state index in [4.69, 9.17) is 20.7 Å². The van der Waals surface area contributed by atoms with Gasteiger partial charge in [0.15, 0.2) is 0 Å². The monoisotopic (exact) mass is 743 g/mol. The number of rotatable bonds is 5. The highest BCUT2D eigenvalue weighted by Gasteiger charge is 2.41. The number of nitrogens with zero attached hydrogens (tertiary/aromatic N) is 1. The molecule has 9 heteroatoms. The molecule has 2 N–H and O–H groups in total. The van der Waals surface area contributed by atoms with Gasteiger partial charge in [-0.05, 0) is 84.2 Å². The zero-order valence-electron chi connectivity index (χ0n) is 29.9. The van der Waals surface area contributed by atoms with Gasteiger partial charge in [-0.15, -0.1) is 0 Å². The van der Waals surface area contributed by atoms with Gasteiger partial charge in [0.25, 0.3) is 8.32 Å². The molecule has 2 aliphatic heterocycles. The van der Waals surface area contributed by atoms with Gasteiger partial charge in [-0.1, -0.05) is 89.3 Å². The number of para-hydroxylation sites is 1. The first-order chi connectivity index (χ1) is 20.2. The lowest BCUT2D eigenvalue weighted by atomic mass is 10.1. The van der Waals surface area contributed by atoms with Gasteiger partial charge in [0.1, 0.15) is 11.5 Å². The van der Waals surface area contributed by atoms with E-state index in [1.54, 1.807) is 4.90 Å². The lowest BCUT2D eigenvalue weighted by Crippen LogP contribution is -2.44. The summed E-state index contributed by atoms with van der Waals surface area (Å²) in [6.07, 6.45) is 3.96. The number of carbonyl (C=O) groups excluding carboxylic acids is 1. The number of likely N-dealkylation sites (N-methyl/N-ethyl adjacent to an activating group) is 1. The molecular formula is C34H59IN2O4Si2. The number of nitrogens with two attached hydrogens (primary N) is 1. The van der Waals surface area contributed by atoms with E-state index in [-0.39, 0.29) is 16.0 Å². The summed E-state index contributed by atoms with van der Waals surface area (Å²) < 4.78 is 23.8. The SMILES string of the molecule is C1CCOC1.CCc1c(N)cccc1O[Si](C)(C)C(C)(C)C.CN1C(=O)Cc2cccc(O[Si](C)(C)C(C)(C)C)c21.[2H]CI. The average Bonchev–Trinajstić information content (AvgIpc) is 3.56. The zero-order chi connectivity index (χ0) is 33.9. The predicted octanol–water partition coefficient (Wildman–Crippen LogP) is 9.65. The van der Waals surface area contributed by atoms with E-state index in [1.807, 2.05) is 66.0 Å².